The van der Waals surface area contributed by atoms with E-state index in [4.69, 9.17) is 0 Å². The van der Waals surface area contributed by atoms with Gasteiger partial charge in [0.05, 0.1) is 4.90 Å². The molecule has 21 heavy (non-hydrogen) atoms. The van der Waals surface area contributed by atoms with E-state index in [1.807, 2.05) is 18.2 Å². The molecule has 0 aliphatic carbocycles. The molecule has 0 unspecified atom stereocenters. The van der Waals surface area contributed by atoms with Gasteiger partial charge >= 0.3 is 0 Å². The lowest BCUT2D eigenvalue weighted by Crippen LogP contribution is -2.29. The molecule has 112 valence electrons. The first-order chi connectivity index (χ1) is 9.91. The van der Waals surface area contributed by atoms with E-state index in [2.05, 4.69) is 20.9 Å². The number of aryl methyl sites for hydroxylation is 1. The number of likely N-dealkylation sites (N-methyl/N-ethyl adjacent to an activating group) is 1. The summed E-state index contributed by atoms with van der Waals surface area (Å²) in [5.74, 6) is 0. The van der Waals surface area contributed by atoms with Crippen molar-refractivity contribution in [2.45, 2.75) is 18.2 Å². The summed E-state index contributed by atoms with van der Waals surface area (Å²) in [5, 5.41) is 0. The van der Waals surface area contributed by atoms with Crippen LogP contribution in [-0.4, -0.2) is 31.3 Å². The molecule has 2 aromatic rings. The maximum absolute atomic E-state index is 12.6. The third-order valence-corrected chi connectivity index (χ3v) is 5.80. The fraction of sp³-hybridized carbons (Fsp3) is 0.267. The van der Waals surface area contributed by atoms with Crippen LogP contribution in [0.15, 0.2) is 52.1 Å². The molecule has 0 saturated carbocycles. The quantitative estimate of drug-likeness (QED) is 0.814. The van der Waals surface area contributed by atoms with E-state index >= 15 is 0 Å². The van der Waals surface area contributed by atoms with Crippen LogP contribution in [0, 0.1) is 6.92 Å². The standard InChI is InChI=1S/C15H17BrN2O2S/c1-12-3-4-14(16)11-15(12)21(19,20)18(2)10-7-13-5-8-17-9-6-13/h3-6,8-9,11H,7,10H2,1-2H3. The molecule has 2 rings (SSSR count). The van der Waals surface area contributed by atoms with Gasteiger partial charge in [0.15, 0.2) is 0 Å². The van der Waals surface area contributed by atoms with Crippen molar-refractivity contribution in [3.63, 3.8) is 0 Å². The normalized spacial score (nSPS) is 11.8. The minimum Gasteiger partial charge on any atom is -0.265 e. The minimum atomic E-state index is -3.47. The number of nitrogens with zero attached hydrogens (tertiary/aromatic N) is 2. The van der Waals surface area contributed by atoms with Gasteiger partial charge in [-0.15, -0.1) is 0 Å². The second-order valence-corrected chi connectivity index (χ2v) is 7.77. The van der Waals surface area contributed by atoms with Gasteiger partial charge in [0.1, 0.15) is 0 Å². The Hall–Kier alpha value is -1.24. The lowest BCUT2D eigenvalue weighted by molar-refractivity contribution is 0.472. The van der Waals surface area contributed by atoms with Gasteiger partial charge in [-0.25, -0.2) is 12.7 Å². The Morgan fingerprint density at radius 3 is 2.52 bits per heavy atom. The number of hydrogen-bond acceptors (Lipinski definition) is 3. The van der Waals surface area contributed by atoms with Gasteiger partial charge in [-0.2, -0.15) is 0 Å². The van der Waals surface area contributed by atoms with Crippen LogP contribution in [0.4, 0.5) is 0 Å². The highest BCUT2D eigenvalue weighted by Gasteiger charge is 2.22. The van der Waals surface area contributed by atoms with Crippen molar-refractivity contribution in [1.82, 2.24) is 9.29 Å². The van der Waals surface area contributed by atoms with Gasteiger partial charge in [0.25, 0.3) is 0 Å². The Kier molecular flexibility index (Phi) is 5.13. The summed E-state index contributed by atoms with van der Waals surface area (Å²) in [7, 11) is -1.87. The Balaban J connectivity index is 2.17. The first-order valence-electron chi connectivity index (χ1n) is 6.52. The minimum absolute atomic E-state index is 0.342. The van der Waals surface area contributed by atoms with Crippen molar-refractivity contribution in [2.24, 2.45) is 0 Å². The van der Waals surface area contributed by atoms with Crippen LogP contribution in [0.25, 0.3) is 0 Å². The number of rotatable bonds is 5. The summed E-state index contributed by atoms with van der Waals surface area (Å²) in [4.78, 5) is 4.29. The van der Waals surface area contributed by atoms with Crippen LogP contribution in [-0.2, 0) is 16.4 Å². The summed E-state index contributed by atoms with van der Waals surface area (Å²) in [6.45, 7) is 2.23. The van der Waals surface area contributed by atoms with Crippen LogP contribution in [0.1, 0.15) is 11.1 Å². The largest absolute Gasteiger partial charge is 0.265 e. The van der Waals surface area contributed by atoms with Crippen molar-refractivity contribution >= 4 is 26.0 Å². The molecule has 0 atom stereocenters. The van der Waals surface area contributed by atoms with Crippen LogP contribution >= 0.6 is 15.9 Å². The second kappa shape index (κ2) is 6.68. The van der Waals surface area contributed by atoms with E-state index in [0.717, 1.165) is 15.6 Å². The van der Waals surface area contributed by atoms with Crippen LogP contribution in [0.3, 0.4) is 0 Å². The fourth-order valence-corrected chi connectivity index (χ4v) is 3.91. The predicted molar refractivity (Wildman–Crippen MR) is 86.6 cm³/mol. The highest BCUT2D eigenvalue weighted by atomic mass is 79.9. The number of halogens is 1. The van der Waals surface area contributed by atoms with E-state index in [1.165, 1.54) is 4.31 Å². The molecule has 0 amide bonds. The molecule has 0 aliphatic rings. The highest BCUT2D eigenvalue weighted by Crippen LogP contribution is 2.23. The van der Waals surface area contributed by atoms with Gasteiger partial charge in [0.2, 0.25) is 10.0 Å². The Bertz CT molecular complexity index is 718. The van der Waals surface area contributed by atoms with E-state index in [9.17, 15) is 8.42 Å². The maximum Gasteiger partial charge on any atom is 0.243 e. The monoisotopic (exact) mass is 368 g/mol. The topological polar surface area (TPSA) is 50.3 Å². The molecule has 1 aromatic heterocycles. The summed E-state index contributed by atoms with van der Waals surface area (Å²) in [6, 6.07) is 9.07. The summed E-state index contributed by atoms with van der Waals surface area (Å²) >= 11 is 3.32. The van der Waals surface area contributed by atoms with Crippen LogP contribution < -0.4 is 0 Å². The van der Waals surface area contributed by atoms with Crippen molar-refractivity contribution < 1.29 is 8.42 Å². The van der Waals surface area contributed by atoms with E-state index in [1.54, 1.807) is 38.5 Å². The SMILES string of the molecule is Cc1ccc(Br)cc1S(=O)(=O)N(C)CCc1ccncc1. The van der Waals surface area contributed by atoms with E-state index < -0.39 is 10.0 Å². The zero-order valence-electron chi connectivity index (χ0n) is 12.0. The molecule has 1 aromatic carbocycles. The molecule has 0 spiro atoms. The third kappa shape index (κ3) is 3.90. The Labute approximate surface area is 134 Å². The first kappa shape index (κ1) is 16.1. The molecule has 1 heterocycles. The molecule has 0 fully saturated rings. The van der Waals surface area contributed by atoms with Crippen molar-refractivity contribution in [3.8, 4) is 0 Å². The average Bonchev–Trinajstić information content (AvgIpc) is 2.48. The zero-order valence-corrected chi connectivity index (χ0v) is 14.4. The molecular weight excluding hydrogens is 352 g/mol. The summed E-state index contributed by atoms with van der Waals surface area (Å²) < 4.78 is 27.4. The number of pyridine rings is 1. The molecule has 6 heteroatoms. The van der Waals surface area contributed by atoms with Crippen LogP contribution in [0.5, 0.6) is 0 Å². The highest BCUT2D eigenvalue weighted by molar-refractivity contribution is 9.10. The van der Waals surface area contributed by atoms with Crippen LogP contribution in [0.2, 0.25) is 0 Å². The molecular formula is C15H17BrN2O2S. The van der Waals surface area contributed by atoms with Gasteiger partial charge in [-0.3, -0.25) is 4.98 Å². The fourth-order valence-electron chi connectivity index (χ4n) is 1.98. The molecule has 0 saturated heterocycles. The van der Waals surface area contributed by atoms with Crippen molar-refractivity contribution in [3.05, 3.63) is 58.3 Å². The van der Waals surface area contributed by atoms with E-state index in [0.29, 0.717) is 17.9 Å². The zero-order chi connectivity index (χ0) is 15.5. The van der Waals surface area contributed by atoms with Gasteiger partial charge in [0, 0.05) is 30.5 Å². The van der Waals surface area contributed by atoms with Gasteiger partial charge < -0.3 is 0 Å². The Morgan fingerprint density at radius 1 is 1.19 bits per heavy atom. The van der Waals surface area contributed by atoms with E-state index in [-0.39, 0.29) is 0 Å². The van der Waals surface area contributed by atoms with Gasteiger partial charge in [-0.05, 0) is 48.7 Å². The molecule has 4 nitrogen and oxygen atoms in total. The average molecular weight is 369 g/mol. The number of hydrogen-bond donors (Lipinski definition) is 0. The molecule has 0 bridgehead atoms. The second-order valence-electron chi connectivity index (χ2n) is 4.84. The maximum atomic E-state index is 12.6. The predicted octanol–water partition coefficient (Wildman–Crippen LogP) is 3.02. The lowest BCUT2D eigenvalue weighted by atomic mass is 10.2. The summed E-state index contributed by atoms with van der Waals surface area (Å²) in [5.41, 5.74) is 1.81. The summed E-state index contributed by atoms with van der Waals surface area (Å²) in [6.07, 6.45) is 4.08. The third-order valence-electron chi connectivity index (χ3n) is 3.30. The smallest absolute Gasteiger partial charge is 0.243 e. The number of benzene rings is 1. The molecule has 0 aliphatic heterocycles. The lowest BCUT2D eigenvalue weighted by Gasteiger charge is -2.18. The van der Waals surface area contributed by atoms with Crippen molar-refractivity contribution in [1.29, 1.82) is 0 Å². The molecule has 0 N–H and O–H groups in total. The number of aromatic nitrogens is 1. The Morgan fingerprint density at radius 2 is 1.86 bits per heavy atom. The van der Waals surface area contributed by atoms with Gasteiger partial charge in [-0.1, -0.05) is 22.0 Å². The molecule has 0 radical (unpaired) electrons. The van der Waals surface area contributed by atoms with Crippen molar-refractivity contribution in [2.75, 3.05) is 13.6 Å². The number of sulfonamides is 1. The first-order valence-corrected chi connectivity index (χ1v) is 8.76.